The van der Waals surface area contributed by atoms with Gasteiger partial charge in [0.1, 0.15) is 5.82 Å². The Bertz CT molecular complexity index is 805. The molecule has 1 aromatic heterocycles. The lowest BCUT2D eigenvalue weighted by atomic mass is 10.2. The van der Waals surface area contributed by atoms with E-state index in [9.17, 15) is 0 Å². The molecule has 0 amide bonds. The SMILES string of the molecule is Cc1cc(N2CCN(C/C=C/c3ccccc3)CC2)nc(N2CCN(C)CC2)n1. The second-order valence-corrected chi connectivity index (χ2v) is 8.06. The van der Waals surface area contributed by atoms with Crippen LogP contribution in [0.5, 0.6) is 0 Å². The Morgan fingerprint density at radius 2 is 1.55 bits per heavy atom. The number of likely N-dealkylation sites (N-methyl/N-ethyl adjacent to an activating group) is 1. The molecule has 4 rings (SSSR count). The number of piperazine rings is 2. The van der Waals surface area contributed by atoms with E-state index < -0.39 is 0 Å². The summed E-state index contributed by atoms with van der Waals surface area (Å²) >= 11 is 0. The van der Waals surface area contributed by atoms with Gasteiger partial charge in [0, 0.05) is 70.7 Å². The molecule has 0 saturated carbocycles. The van der Waals surface area contributed by atoms with Crippen molar-refractivity contribution in [2.24, 2.45) is 0 Å². The first-order chi connectivity index (χ1) is 14.2. The zero-order valence-corrected chi connectivity index (χ0v) is 17.7. The molecular formula is C23H32N6. The van der Waals surface area contributed by atoms with E-state index in [1.54, 1.807) is 0 Å². The summed E-state index contributed by atoms with van der Waals surface area (Å²) in [5, 5.41) is 0. The predicted octanol–water partition coefficient (Wildman–Crippen LogP) is 2.37. The van der Waals surface area contributed by atoms with Crippen LogP contribution in [0.4, 0.5) is 11.8 Å². The Balaban J connectivity index is 1.33. The van der Waals surface area contributed by atoms with Gasteiger partial charge in [0.25, 0.3) is 0 Å². The summed E-state index contributed by atoms with van der Waals surface area (Å²) in [5.74, 6) is 1.97. The Hall–Kier alpha value is -2.44. The number of rotatable bonds is 5. The highest BCUT2D eigenvalue weighted by molar-refractivity contribution is 5.49. The summed E-state index contributed by atoms with van der Waals surface area (Å²) < 4.78 is 0. The highest BCUT2D eigenvalue weighted by atomic mass is 15.3. The molecule has 2 saturated heterocycles. The van der Waals surface area contributed by atoms with Crippen LogP contribution in [0.15, 0.2) is 42.5 Å². The van der Waals surface area contributed by atoms with Crippen molar-refractivity contribution in [1.82, 2.24) is 19.8 Å². The molecule has 2 aromatic rings. The summed E-state index contributed by atoms with van der Waals surface area (Å²) in [5.41, 5.74) is 2.32. The zero-order valence-electron chi connectivity index (χ0n) is 17.7. The number of anilines is 2. The van der Waals surface area contributed by atoms with Crippen LogP contribution in [-0.2, 0) is 0 Å². The van der Waals surface area contributed by atoms with Gasteiger partial charge in [-0.15, -0.1) is 0 Å². The molecule has 0 atom stereocenters. The summed E-state index contributed by atoms with van der Waals surface area (Å²) in [4.78, 5) is 19.2. The quantitative estimate of drug-likeness (QED) is 0.778. The van der Waals surface area contributed by atoms with E-state index in [1.807, 2.05) is 0 Å². The molecule has 0 unspecified atom stereocenters. The van der Waals surface area contributed by atoms with Crippen molar-refractivity contribution in [3.05, 3.63) is 53.7 Å². The third-order valence-corrected chi connectivity index (χ3v) is 5.78. The van der Waals surface area contributed by atoms with Gasteiger partial charge in [-0.2, -0.15) is 4.98 Å². The Morgan fingerprint density at radius 1 is 0.862 bits per heavy atom. The van der Waals surface area contributed by atoms with Crippen molar-refractivity contribution in [3.63, 3.8) is 0 Å². The van der Waals surface area contributed by atoms with Crippen molar-refractivity contribution in [3.8, 4) is 0 Å². The minimum absolute atomic E-state index is 0.890. The maximum atomic E-state index is 4.92. The van der Waals surface area contributed by atoms with Crippen LogP contribution < -0.4 is 9.80 Å². The van der Waals surface area contributed by atoms with Gasteiger partial charge >= 0.3 is 0 Å². The number of hydrogen-bond donors (Lipinski definition) is 0. The standard InChI is InChI=1S/C23H32N6/c1-20-19-22(25-23(24-20)29-15-11-26(2)12-16-29)28-17-13-27(14-18-28)10-6-9-21-7-4-3-5-8-21/h3-9,19H,10-18H2,1-2H3/b9-6+. The fourth-order valence-electron chi connectivity index (χ4n) is 3.91. The van der Waals surface area contributed by atoms with E-state index in [4.69, 9.17) is 9.97 Å². The molecule has 0 bridgehead atoms. The number of nitrogens with zero attached hydrogens (tertiary/aromatic N) is 6. The van der Waals surface area contributed by atoms with Gasteiger partial charge < -0.3 is 14.7 Å². The lowest BCUT2D eigenvalue weighted by Gasteiger charge is -2.36. The first-order valence-corrected chi connectivity index (χ1v) is 10.7. The molecule has 2 aliphatic rings. The van der Waals surface area contributed by atoms with Crippen LogP contribution in [0.1, 0.15) is 11.3 Å². The van der Waals surface area contributed by atoms with Crippen LogP contribution >= 0.6 is 0 Å². The number of hydrogen-bond acceptors (Lipinski definition) is 6. The van der Waals surface area contributed by atoms with E-state index in [1.165, 1.54) is 5.56 Å². The van der Waals surface area contributed by atoms with Crippen LogP contribution in [0.3, 0.4) is 0 Å². The normalized spacial score (nSPS) is 19.2. The second kappa shape index (κ2) is 9.37. The smallest absolute Gasteiger partial charge is 0.227 e. The average Bonchev–Trinajstić information content (AvgIpc) is 2.75. The molecule has 6 nitrogen and oxygen atoms in total. The summed E-state index contributed by atoms with van der Waals surface area (Å²) in [6.07, 6.45) is 4.48. The van der Waals surface area contributed by atoms with E-state index in [0.29, 0.717) is 0 Å². The first-order valence-electron chi connectivity index (χ1n) is 10.7. The van der Waals surface area contributed by atoms with E-state index in [0.717, 1.165) is 76.4 Å². The van der Waals surface area contributed by atoms with Gasteiger partial charge in [-0.3, -0.25) is 4.90 Å². The average molecular weight is 393 g/mol. The van der Waals surface area contributed by atoms with Crippen molar-refractivity contribution in [2.75, 3.05) is 75.8 Å². The number of benzene rings is 1. The lowest BCUT2D eigenvalue weighted by molar-refractivity contribution is 0.283. The zero-order chi connectivity index (χ0) is 20.1. The molecule has 0 radical (unpaired) electrons. The molecule has 154 valence electrons. The third kappa shape index (κ3) is 5.34. The largest absolute Gasteiger partial charge is 0.354 e. The summed E-state index contributed by atoms with van der Waals surface area (Å²) in [6.45, 7) is 11.4. The molecule has 0 aliphatic carbocycles. The van der Waals surface area contributed by atoms with Crippen molar-refractivity contribution < 1.29 is 0 Å². The fourth-order valence-corrected chi connectivity index (χ4v) is 3.91. The molecule has 0 spiro atoms. The van der Waals surface area contributed by atoms with Crippen LogP contribution in [0.2, 0.25) is 0 Å². The molecule has 2 aliphatic heterocycles. The van der Waals surface area contributed by atoms with Gasteiger partial charge in [-0.1, -0.05) is 42.5 Å². The van der Waals surface area contributed by atoms with Crippen molar-refractivity contribution in [2.45, 2.75) is 6.92 Å². The lowest BCUT2D eigenvalue weighted by Crippen LogP contribution is -2.47. The van der Waals surface area contributed by atoms with Crippen molar-refractivity contribution >= 4 is 17.8 Å². The minimum Gasteiger partial charge on any atom is -0.354 e. The highest BCUT2D eigenvalue weighted by Gasteiger charge is 2.21. The predicted molar refractivity (Wildman–Crippen MR) is 121 cm³/mol. The van der Waals surface area contributed by atoms with Gasteiger partial charge in [-0.05, 0) is 19.5 Å². The highest BCUT2D eigenvalue weighted by Crippen LogP contribution is 2.20. The van der Waals surface area contributed by atoms with Crippen molar-refractivity contribution in [1.29, 1.82) is 0 Å². The Kier molecular flexibility index (Phi) is 6.42. The van der Waals surface area contributed by atoms with Gasteiger partial charge in [0.15, 0.2) is 0 Å². The summed E-state index contributed by atoms with van der Waals surface area (Å²) in [6, 6.07) is 12.6. The van der Waals surface area contributed by atoms with E-state index >= 15 is 0 Å². The first kappa shape index (κ1) is 19.9. The Labute approximate surface area is 174 Å². The van der Waals surface area contributed by atoms with E-state index in [2.05, 4.69) is 82.1 Å². The fraction of sp³-hybridized carbons (Fsp3) is 0.478. The minimum atomic E-state index is 0.890. The monoisotopic (exact) mass is 392 g/mol. The Morgan fingerprint density at radius 3 is 2.28 bits per heavy atom. The van der Waals surface area contributed by atoms with Crippen LogP contribution in [0, 0.1) is 6.92 Å². The molecule has 3 heterocycles. The molecule has 0 N–H and O–H groups in total. The third-order valence-electron chi connectivity index (χ3n) is 5.78. The number of aromatic nitrogens is 2. The number of aryl methyl sites for hydroxylation is 1. The molecule has 29 heavy (non-hydrogen) atoms. The maximum absolute atomic E-state index is 4.92. The van der Waals surface area contributed by atoms with Crippen LogP contribution in [-0.4, -0.2) is 85.7 Å². The molecular weight excluding hydrogens is 360 g/mol. The van der Waals surface area contributed by atoms with Gasteiger partial charge in [0.05, 0.1) is 0 Å². The molecule has 6 heteroatoms. The topological polar surface area (TPSA) is 38.7 Å². The summed E-state index contributed by atoms with van der Waals surface area (Å²) in [7, 11) is 2.17. The van der Waals surface area contributed by atoms with Crippen LogP contribution in [0.25, 0.3) is 6.08 Å². The maximum Gasteiger partial charge on any atom is 0.227 e. The van der Waals surface area contributed by atoms with Gasteiger partial charge in [0.2, 0.25) is 5.95 Å². The second-order valence-electron chi connectivity index (χ2n) is 8.06. The molecule has 2 fully saturated rings. The molecule has 1 aromatic carbocycles. The van der Waals surface area contributed by atoms with E-state index in [-0.39, 0.29) is 0 Å². The van der Waals surface area contributed by atoms with Gasteiger partial charge in [-0.25, -0.2) is 4.98 Å².